The Bertz CT molecular complexity index is 992. The molecule has 0 spiro atoms. The summed E-state index contributed by atoms with van der Waals surface area (Å²) < 4.78 is 28.2. The molecule has 204 valence electrons. The Balaban J connectivity index is 1.78. The number of nitrogens with zero attached hydrogens (tertiary/aromatic N) is 2. The van der Waals surface area contributed by atoms with E-state index < -0.39 is 16.1 Å². The molecule has 1 amide bonds. The minimum Gasteiger partial charge on any atom is -0.399 e. The Morgan fingerprint density at radius 2 is 1.86 bits per heavy atom. The molecule has 1 heterocycles. The number of rotatable bonds is 9. The second kappa shape index (κ2) is 11.8. The van der Waals surface area contributed by atoms with Gasteiger partial charge < -0.3 is 16.2 Å². The molecule has 9 heteroatoms. The summed E-state index contributed by atoms with van der Waals surface area (Å²) in [5.74, 6) is 1.12. The monoisotopic (exact) mass is 522 g/mol. The topological polar surface area (TPSA) is 116 Å². The van der Waals surface area contributed by atoms with Crippen molar-refractivity contribution in [2.24, 2.45) is 17.8 Å². The van der Waals surface area contributed by atoms with Gasteiger partial charge in [-0.25, -0.2) is 8.42 Å². The molecule has 2 fully saturated rings. The summed E-state index contributed by atoms with van der Waals surface area (Å²) in [6.07, 6.45) is 4.58. The highest BCUT2D eigenvalue weighted by atomic mass is 32.2. The molecule has 0 radical (unpaired) electrons. The number of nitrogen functional groups attached to an aromatic ring is 1. The number of aliphatic hydroxyl groups is 1. The van der Waals surface area contributed by atoms with Crippen LogP contribution >= 0.6 is 0 Å². The molecule has 3 rings (SSSR count). The summed E-state index contributed by atoms with van der Waals surface area (Å²) in [7, 11) is -3.83. The van der Waals surface area contributed by atoms with E-state index in [2.05, 4.69) is 10.2 Å². The van der Waals surface area contributed by atoms with E-state index in [0.717, 1.165) is 25.8 Å². The van der Waals surface area contributed by atoms with E-state index in [0.29, 0.717) is 17.5 Å². The van der Waals surface area contributed by atoms with Gasteiger partial charge in [-0.05, 0) is 69.6 Å². The second-order valence-electron chi connectivity index (χ2n) is 12.2. The van der Waals surface area contributed by atoms with Gasteiger partial charge in [0, 0.05) is 37.4 Å². The smallest absolute Gasteiger partial charge is 0.243 e. The van der Waals surface area contributed by atoms with Crippen LogP contribution in [0.25, 0.3) is 0 Å². The second-order valence-corrected chi connectivity index (χ2v) is 14.1. The lowest BCUT2D eigenvalue weighted by Gasteiger charge is -2.46. The van der Waals surface area contributed by atoms with Gasteiger partial charge in [0.15, 0.2) is 0 Å². The fraction of sp³-hybridized carbons (Fsp3) is 0.741. The molecule has 8 nitrogen and oxygen atoms in total. The lowest BCUT2D eigenvalue weighted by atomic mass is 9.72. The number of hydrogen-bond acceptors (Lipinski definition) is 6. The first-order chi connectivity index (χ1) is 16.8. The zero-order valence-electron chi connectivity index (χ0n) is 22.6. The van der Waals surface area contributed by atoms with Gasteiger partial charge in [0.1, 0.15) is 0 Å². The highest BCUT2D eigenvalue weighted by Crippen LogP contribution is 2.38. The van der Waals surface area contributed by atoms with Crippen molar-refractivity contribution in [1.82, 2.24) is 14.5 Å². The van der Waals surface area contributed by atoms with Gasteiger partial charge in [0.2, 0.25) is 15.9 Å². The quantitative estimate of drug-likeness (QED) is 0.429. The van der Waals surface area contributed by atoms with E-state index in [1.54, 1.807) is 12.1 Å². The van der Waals surface area contributed by atoms with E-state index in [4.69, 9.17) is 5.73 Å². The highest BCUT2D eigenvalue weighted by Gasteiger charge is 2.41. The number of anilines is 1. The van der Waals surface area contributed by atoms with Crippen molar-refractivity contribution in [2.75, 3.05) is 31.9 Å². The Kier molecular flexibility index (Phi) is 9.46. The number of benzene rings is 1. The third-order valence-corrected chi connectivity index (χ3v) is 9.06. The molecule has 1 aliphatic carbocycles. The van der Waals surface area contributed by atoms with E-state index in [9.17, 15) is 18.3 Å². The van der Waals surface area contributed by atoms with Gasteiger partial charge in [-0.15, -0.1) is 0 Å². The first-order valence-corrected chi connectivity index (χ1v) is 14.8. The van der Waals surface area contributed by atoms with Gasteiger partial charge in [0.25, 0.3) is 0 Å². The van der Waals surface area contributed by atoms with Crippen LogP contribution in [0.15, 0.2) is 29.2 Å². The Morgan fingerprint density at radius 3 is 2.47 bits per heavy atom. The predicted octanol–water partition coefficient (Wildman–Crippen LogP) is 3.07. The average molecular weight is 523 g/mol. The number of amides is 1. The van der Waals surface area contributed by atoms with Crippen LogP contribution in [0, 0.1) is 17.8 Å². The number of piperidine rings is 1. The summed E-state index contributed by atoms with van der Waals surface area (Å²) in [5.41, 5.74) is 5.88. The molecular formula is C27H46N4O4S. The van der Waals surface area contributed by atoms with Gasteiger partial charge in [-0.1, -0.05) is 39.2 Å². The van der Waals surface area contributed by atoms with Crippen LogP contribution in [0.5, 0.6) is 0 Å². The maximum absolute atomic E-state index is 13.4. The molecule has 0 unspecified atom stereocenters. The van der Waals surface area contributed by atoms with E-state index in [-0.39, 0.29) is 47.9 Å². The zero-order chi connectivity index (χ0) is 26.7. The van der Waals surface area contributed by atoms with Crippen molar-refractivity contribution in [2.45, 2.75) is 89.3 Å². The van der Waals surface area contributed by atoms with Crippen LogP contribution in [0.4, 0.5) is 5.69 Å². The number of sulfonamides is 1. The number of carbonyl (C=O) groups is 1. The van der Waals surface area contributed by atoms with E-state index in [1.165, 1.54) is 29.3 Å². The minimum atomic E-state index is -3.83. The van der Waals surface area contributed by atoms with Crippen LogP contribution in [-0.2, 0) is 14.8 Å². The molecule has 4 N–H and O–H groups in total. The third kappa shape index (κ3) is 7.66. The Hall–Kier alpha value is -1.68. The van der Waals surface area contributed by atoms with Gasteiger partial charge >= 0.3 is 0 Å². The number of aliphatic hydroxyl groups excluding tert-OH is 1. The van der Waals surface area contributed by atoms with E-state index >= 15 is 0 Å². The number of β-amino-alcohol motifs (C(OH)–C–C–N with tert-alkyl or cyclic N) is 1. The molecule has 1 aromatic carbocycles. The molecule has 36 heavy (non-hydrogen) atoms. The number of carbonyl (C=O) groups excluding carboxylic acids is 1. The standard InChI is InChI=1S/C27H46N4O4S/c1-19(2)15-31(36(34,35)24-12-8-11-22(28)14-24)18-23(32)17-30-16-21-10-7-6-9-20(21)13-25(30)26(33)29-27(3,4)5/h8,11-12,14,19-21,23,25,32H,6-7,9-10,13,15-18,28H2,1-5H3,(H,29,33)/t20-,21+,23+,25-/m0/s1. The van der Waals surface area contributed by atoms with Crippen LogP contribution in [0.2, 0.25) is 0 Å². The third-order valence-electron chi connectivity index (χ3n) is 7.23. The molecule has 1 aliphatic heterocycles. The van der Waals surface area contributed by atoms with Crippen LogP contribution in [-0.4, -0.2) is 72.5 Å². The SMILES string of the molecule is CC(C)CN(C[C@H](O)CN1C[C@H]2CCCC[C@H]2C[C@H]1C(=O)NC(C)(C)C)S(=O)(=O)c1cccc(N)c1. The van der Waals surface area contributed by atoms with Gasteiger partial charge in [-0.3, -0.25) is 9.69 Å². The van der Waals surface area contributed by atoms with Crippen molar-refractivity contribution >= 4 is 21.6 Å². The van der Waals surface area contributed by atoms with Crippen LogP contribution in [0.1, 0.15) is 66.7 Å². The van der Waals surface area contributed by atoms with Crippen molar-refractivity contribution < 1.29 is 18.3 Å². The molecule has 0 bridgehead atoms. The largest absolute Gasteiger partial charge is 0.399 e. The predicted molar refractivity (Wildman–Crippen MR) is 144 cm³/mol. The summed E-state index contributed by atoms with van der Waals surface area (Å²) in [4.78, 5) is 15.5. The van der Waals surface area contributed by atoms with E-state index in [1.807, 2.05) is 34.6 Å². The highest BCUT2D eigenvalue weighted by molar-refractivity contribution is 7.89. The minimum absolute atomic E-state index is 0.00913. The number of hydrogen-bond donors (Lipinski definition) is 3. The average Bonchev–Trinajstić information content (AvgIpc) is 2.76. The van der Waals surface area contributed by atoms with Crippen molar-refractivity contribution in [3.63, 3.8) is 0 Å². The van der Waals surface area contributed by atoms with Gasteiger partial charge in [0.05, 0.1) is 17.0 Å². The molecule has 1 saturated heterocycles. The summed E-state index contributed by atoms with van der Waals surface area (Å²) in [6.45, 7) is 11.1. The first-order valence-electron chi connectivity index (χ1n) is 13.4. The lowest BCUT2D eigenvalue weighted by Crippen LogP contribution is -2.59. The van der Waals surface area contributed by atoms with Gasteiger partial charge in [-0.2, -0.15) is 4.31 Å². The number of fused-ring (bicyclic) bond motifs is 1. The first kappa shape index (κ1) is 28.9. The molecule has 1 saturated carbocycles. The summed E-state index contributed by atoms with van der Waals surface area (Å²) in [5, 5.41) is 14.3. The molecule has 4 atom stereocenters. The number of nitrogens with two attached hydrogens (primary N) is 1. The fourth-order valence-corrected chi connectivity index (χ4v) is 7.39. The molecule has 2 aliphatic rings. The maximum Gasteiger partial charge on any atom is 0.243 e. The van der Waals surface area contributed by atoms with Crippen molar-refractivity contribution in [1.29, 1.82) is 0 Å². The van der Waals surface area contributed by atoms with Crippen LogP contribution < -0.4 is 11.1 Å². The molecular weight excluding hydrogens is 476 g/mol. The lowest BCUT2D eigenvalue weighted by molar-refractivity contribution is -0.132. The summed E-state index contributed by atoms with van der Waals surface area (Å²) in [6, 6.07) is 5.95. The Labute approximate surface area is 217 Å². The van der Waals surface area contributed by atoms with Crippen molar-refractivity contribution in [3.8, 4) is 0 Å². The maximum atomic E-state index is 13.4. The Morgan fingerprint density at radius 1 is 1.19 bits per heavy atom. The summed E-state index contributed by atoms with van der Waals surface area (Å²) >= 11 is 0. The fourth-order valence-electron chi connectivity index (χ4n) is 5.69. The van der Waals surface area contributed by atoms with Crippen molar-refractivity contribution in [3.05, 3.63) is 24.3 Å². The zero-order valence-corrected chi connectivity index (χ0v) is 23.4. The molecule has 0 aromatic heterocycles. The molecule has 1 aromatic rings. The number of likely N-dealkylation sites (tertiary alicyclic amines) is 1. The normalized spacial score (nSPS) is 24.5. The van der Waals surface area contributed by atoms with Crippen LogP contribution in [0.3, 0.4) is 0 Å². The number of nitrogens with one attached hydrogen (secondary N) is 1.